The van der Waals surface area contributed by atoms with Gasteiger partial charge in [0, 0.05) is 48.9 Å². The van der Waals surface area contributed by atoms with Crippen molar-refractivity contribution in [2.75, 3.05) is 34.4 Å². The number of amides is 1. The van der Waals surface area contributed by atoms with Crippen LogP contribution in [0.2, 0.25) is 0 Å². The number of nitrogens with zero attached hydrogens (tertiary/aromatic N) is 4. The lowest BCUT2D eigenvalue weighted by molar-refractivity contribution is -0.140. The van der Waals surface area contributed by atoms with Gasteiger partial charge in [0.1, 0.15) is 5.60 Å². The van der Waals surface area contributed by atoms with E-state index in [2.05, 4.69) is 15.0 Å². The van der Waals surface area contributed by atoms with Crippen molar-refractivity contribution >= 4 is 5.91 Å². The van der Waals surface area contributed by atoms with E-state index in [1.807, 2.05) is 4.90 Å². The summed E-state index contributed by atoms with van der Waals surface area (Å²) in [4.78, 5) is 27.5. The Labute approximate surface area is 175 Å². The summed E-state index contributed by atoms with van der Waals surface area (Å²) in [5.74, 6) is 0.314. The molecule has 0 radical (unpaired) electrons. The number of piperidine rings is 1. The van der Waals surface area contributed by atoms with Crippen molar-refractivity contribution in [3.8, 4) is 17.8 Å². The maximum Gasteiger partial charge on any atom is 0.319 e. The maximum absolute atomic E-state index is 13.1. The number of aliphatic hydroxyl groups is 1. The van der Waals surface area contributed by atoms with E-state index in [1.165, 1.54) is 21.3 Å². The average molecular weight is 414 g/mol. The van der Waals surface area contributed by atoms with Crippen molar-refractivity contribution in [3.05, 3.63) is 35.7 Å². The van der Waals surface area contributed by atoms with Gasteiger partial charge >= 0.3 is 6.01 Å². The molecule has 1 unspecified atom stereocenters. The van der Waals surface area contributed by atoms with Crippen LogP contribution in [0.15, 0.2) is 24.5 Å². The predicted molar refractivity (Wildman–Crippen MR) is 107 cm³/mol. The smallest absolute Gasteiger partial charge is 0.319 e. The summed E-state index contributed by atoms with van der Waals surface area (Å²) in [6.45, 7) is 0.872. The Morgan fingerprint density at radius 1 is 1.13 bits per heavy atom. The second kappa shape index (κ2) is 8.06. The highest BCUT2D eigenvalue weighted by atomic mass is 16.5. The summed E-state index contributed by atoms with van der Waals surface area (Å²) in [5, 5.41) is 11.9. The normalized spacial score (nSPS) is 25.5. The van der Waals surface area contributed by atoms with Crippen molar-refractivity contribution in [2.45, 2.75) is 24.9 Å². The van der Waals surface area contributed by atoms with Gasteiger partial charge in [0.2, 0.25) is 11.8 Å². The topological polar surface area (TPSA) is 107 Å². The Hall–Kier alpha value is -2.94. The zero-order valence-electron chi connectivity index (χ0n) is 17.4. The molecular weight excluding hydrogens is 388 g/mol. The number of hydrogen-bond acceptors (Lipinski definition) is 8. The highest BCUT2D eigenvalue weighted by Crippen LogP contribution is 2.51. The van der Waals surface area contributed by atoms with Crippen LogP contribution in [0.25, 0.3) is 0 Å². The number of rotatable bonds is 5. The summed E-state index contributed by atoms with van der Waals surface area (Å²) >= 11 is 0. The van der Waals surface area contributed by atoms with Crippen molar-refractivity contribution < 1.29 is 24.1 Å². The lowest BCUT2D eigenvalue weighted by Gasteiger charge is -2.53. The van der Waals surface area contributed by atoms with E-state index < -0.39 is 5.60 Å². The van der Waals surface area contributed by atoms with Crippen LogP contribution in [0.4, 0.5) is 0 Å². The van der Waals surface area contributed by atoms with E-state index in [-0.39, 0.29) is 23.8 Å². The number of ether oxygens (including phenoxy) is 3. The molecule has 4 rings (SSSR count). The monoisotopic (exact) mass is 414 g/mol. The SMILES string of the molecule is COc1cc(C(=O)N2C[C@H]3CCC[C@@H](C2)C3(O)c2cnc(OC)nc2OC)ccn1. The standard InChI is InChI=1S/C21H26N4O5/c1-28-17-9-13(7-8-22-17)19(26)25-11-14-5-4-6-15(12-25)21(14,27)16-10-23-20(30-3)24-18(16)29-2/h7-10,14-15,27H,4-6,11-12H2,1-3H3/t14-,15+,21?. The molecule has 2 aromatic heterocycles. The second-order valence-corrected chi connectivity index (χ2v) is 7.73. The molecule has 2 aromatic rings. The number of carbonyl (C=O) groups excluding carboxylic acids is 1. The first kappa shape index (κ1) is 20.3. The largest absolute Gasteiger partial charge is 0.481 e. The van der Waals surface area contributed by atoms with E-state index in [1.54, 1.807) is 24.5 Å². The molecule has 9 heteroatoms. The third kappa shape index (κ3) is 3.32. The number of fused-ring (bicyclic) bond motifs is 2. The number of pyridine rings is 1. The Morgan fingerprint density at radius 3 is 2.50 bits per heavy atom. The fourth-order valence-electron chi connectivity index (χ4n) is 4.77. The van der Waals surface area contributed by atoms with Gasteiger partial charge in [-0.2, -0.15) is 4.98 Å². The summed E-state index contributed by atoms with van der Waals surface area (Å²) in [5.41, 5.74) is -0.0864. The number of methoxy groups -OCH3 is 3. The van der Waals surface area contributed by atoms with Crippen LogP contribution in [0.1, 0.15) is 35.2 Å². The zero-order chi connectivity index (χ0) is 21.3. The molecule has 30 heavy (non-hydrogen) atoms. The summed E-state index contributed by atoms with van der Waals surface area (Å²) in [6.07, 6.45) is 5.74. The molecule has 0 spiro atoms. The van der Waals surface area contributed by atoms with Gasteiger partial charge in [0.05, 0.1) is 26.9 Å². The van der Waals surface area contributed by atoms with Crippen molar-refractivity contribution in [2.24, 2.45) is 11.8 Å². The van der Waals surface area contributed by atoms with Gasteiger partial charge in [-0.05, 0) is 18.9 Å². The zero-order valence-corrected chi connectivity index (χ0v) is 17.4. The fraction of sp³-hybridized carbons (Fsp3) is 0.524. The maximum atomic E-state index is 13.1. The number of aromatic nitrogens is 3. The summed E-state index contributed by atoms with van der Waals surface area (Å²) in [6, 6.07) is 3.50. The quantitative estimate of drug-likeness (QED) is 0.787. The highest BCUT2D eigenvalue weighted by Gasteiger charge is 2.54. The third-order valence-electron chi connectivity index (χ3n) is 6.25. The Bertz CT molecular complexity index is 923. The minimum Gasteiger partial charge on any atom is -0.481 e. The van der Waals surface area contributed by atoms with E-state index in [0.29, 0.717) is 36.0 Å². The molecule has 1 saturated heterocycles. The minimum atomic E-state index is -1.16. The van der Waals surface area contributed by atoms with E-state index in [9.17, 15) is 9.90 Å². The van der Waals surface area contributed by atoms with Gasteiger partial charge in [-0.25, -0.2) is 9.97 Å². The molecule has 1 N–H and O–H groups in total. The van der Waals surface area contributed by atoms with E-state index >= 15 is 0 Å². The van der Waals surface area contributed by atoms with Gasteiger partial charge in [0.25, 0.3) is 5.91 Å². The molecule has 0 aromatic carbocycles. The van der Waals surface area contributed by atoms with Crippen LogP contribution in [0.3, 0.4) is 0 Å². The molecule has 1 aliphatic carbocycles. The summed E-state index contributed by atoms with van der Waals surface area (Å²) in [7, 11) is 4.52. The molecule has 9 nitrogen and oxygen atoms in total. The molecule has 2 aliphatic rings. The first-order chi connectivity index (χ1) is 14.5. The number of likely N-dealkylation sites (tertiary alicyclic amines) is 1. The van der Waals surface area contributed by atoms with Crippen molar-refractivity contribution in [1.82, 2.24) is 19.9 Å². The van der Waals surface area contributed by atoms with E-state index in [4.69, 9.17) is 14.2 Å². The van der Waals surface area contributed by atoms with Crippen molar-refractivity contribution in [1.29, 1.82) is 0 Å². The average Bonchev–Trinajstić information content (AvgIpc) is 2.77. The van der Waals surface area contributed by atoms with Gasteiger partial charge in [-0.15, -0.1) is 0 Å². The number of carbonyl (C=O) groups is 1. The Balaban J connectivity index is 1.65. The van der Waals surface area contributed by atoms with Crippen LogP contribution in [-0.4, -0.2) is 65.3 Å². The molecule has 2 fully saturated rings. The first-order valence-electron chi connectivity index (χ1n) is 9.98. The predicted octanol–water partition coefficient (Wildman–Crippen LogP) is 1.66. The molecule has 1 aliphatic heterocycles. The van der Waals surface area contributed by atoms with Crippen LogP contribution in [-0.2, 0) is 5.60 Å². The lowest BCUT2D eigenvalue weighted by atomic mass is 9.63. The minimum absolute atomic E-state index is 0.0902. The molecule has 3 atom stereocenters. The van der Waals surface area contributed by atoms with Gasteiger partial charge < -0.3 is 24.2 Å². The van der Waals surface area contributed by atoms with Gasteiger partial charge in [0.15, 0.2) is 0 Å². The summed E-state index contributed by atoms with van der Waals surface area (Å²) < 4.78 is 15.7. The van der Waals surface area contributed by atoms with Crippen molar-refractivity contribution in [3.63, 3.8) is 0 Å². The Kier molecular flexibility index (Phi) is 5.46. The van der Waals surface area contributed by atoms with Crippen LogP contribution in [0, 0.1) is 11.8 Å². The molecule has 1 amide bonds. The molecule has 1 saturated carbocycles. The highest BCUT2D eigenvalue weighted by molar-refractivity contribution is 5.94. The molecule has 3 heterocycles. The second-order valence-electron chi connectivity index (χ2n) is 7.73. The van der Waals surface area contributed by atoms with E-state index in [0.717, 1.165) is 19.3 Å². The fourth-order valence-corrected chi connectivity index (χ4v) is 4.77. The van der Waals surface area contributed by atoms with Crippen LogP contribution >= 0.6 is 0 Å². The molecular formula is C21H26N4O5. The van der Waals surface area contributed by atoms with Crippen LogP contribution in [0.5, 0.6) is 17.8 Å². The lowest BCUT2D eigenvalue weighted by Crippen LogP contribution is -2.59. The van der Waals surface area contributed by atoms with Crippen LogP contribution < -0.4 is 14.2 Å². The number of hydrogen-bond donors (Lipinski definition) is 1. The third-order valence-corrected chi connectivity index (χ3v) is 6.25. The first-order valence-corrected chi connectivity index (χ1v) is 9.98. The Morgan fingerprint density at radius 2 is 1.87 bits per heavy atom. The molecule has 2 bridgehead atoms. The van der Waals surface area contributed by atoms with Gasteiger partial charge in [-0.3, -0.25) is 4.79 Å². The van der Waals surface area contributed by atoms with Gasteiger partial charge in [-0.1, -0.05) is 6.42 Å². The molecule has 160 valence electrons.